The van der Waals surface area contributed by atoms with Gasteiger partial charge < -0.3 is 23.8 Å². The fourth-order valence-electron chi connectivity index (χ4n) is 4.15. The highest BCUT2D eigenvalue weighted by Crippen LogP contribution is 2.59. The zero-order valence-corrected chi connectivity index (χ0v) is 20.3. The van der Waals surface area contributed by atoms with E-state index in [2.05, 4.69) is 39.0 Å². The van der Waals surface area contributed by atoms with Crippen molar-refractivity contribution >= 4 is 45.2 Å². The number of alkyl halides is 1. The number of ether oxygens (including phenoxy) is 4. The lowest BCUT2D eigenvalue weighted by Crippen LogP contribution is -2.40. The predicted octanol–water partition coefficient (Wildman–Crippen LogP) is 4.40. The third-order valence-electron chi connectivity index (χ3n) is 5.73. The molecule has 4 heterocycles. The van der Waals surface area contributed by atoms with Crippen LogP contribution in [0.1, 0.15) is 5.56 Å². The largest absolute Gasteiger partial charge is 0.493 e. The lowest BCUT2D eigenvalue weighted by Gasteiger charge is -2.34. The van der Waals surface area contributed by atoms with Crippen molar-refractivity contribution in [3.63, 3.8) is 0 Å². The van der Waals surface area contributed by atoms with Crippen molar-refractivity contribution in [2.24, 2.45) is 0 Å². The van der Waals surface area contributed by atoms with E-state index in [1.807, 2.05) is 18.2 Å². The van der Waals surface area contributed by atoms with Gasteiger partial charge in [-0.1, -0.05) is 51.6 Å². The van der Waals surface area contributed by atoms with Gasteiger partial charge in [-0.2, -0.15) is 0 Å². The second-order valence-electron chi connectivity index (χ2n) is 7.73. The van der Waals surface area contributed by atoms with Gasteiger partial charge in [0.2, 0.25) is 0 Å². The fraction of sp³-hybridized carbons (Fsp3) is 0.348. The van der Waals surface area contributed by atoms with Gasteiger partial charge in [-0.25, -0.2) is 0 Å². The molecule has 4 aliphatic rings. The average Bonchev–Trinajstić information content (AvgIpc) is 3.58. The number of halogens is 1. The molecule has 2 aromatic carbocycles. The Labute approximate surface area is 202 Å². The van der Waals surface area contributed by atoms with Gasteiger partial charge in [0.05, 0.1) is 19.8 Å². The molecule has 4 aliphatic heterocycles. The molecule has 0 radical (unpaired) electrons. The highest BCUT2D eigenvalue weighted by molar-refractivity contribution is 9.09. The van der Waals surface area contributed by atoms with Gasteiger partial charge in [0.15, 0.2) is 17.8 Å². The van der Waals surface area contributed by atoms with Crippen LogP contribution in [0.4, 0.5) is 0 Å². The Morgan fingerprint density at radius 2 is 2.00 bits per heavy atom. The fourth-order valence-corrected chi connectivity index (χ4v) is 6.74. The molecule has 6 nitrogen and oxygen atoms in total. The summed E-state index contributed by atoms with van der Waals surface area (Å²) in [5.74, 6) is 0.348. The van der Waals surface area contributed by atoms with E-state index in [1.165, 1.54) is 0 Å². The van der Waals surface area contributed by atoms with Crippen LogP contribution in [0.3, 0.4) is 0 Å². The Morgan fingerprint density at radius 3 is 2.84 bits per heavy atom. The van der Waals surface area contributed by atoms with E-state index < -0.39 is 11.9 Å². The maximum atomic E-state index is 12.8. The van der Waals surface area contributed by atoms with Gasteiger partial charge in [0.25, 0.3) is 5.79 Å². The maximum Gasteiger partial charge on any atom is 0.275 e. The van der Waals surface area contributed by atoms with Crippen LogP contribution in [0, 0.1) is 0 Å². The lowest BCUT2D eigenvalue weighted by molar-refractivity contribution is -0.118. The van der Waals surface area contributed by atoms with Gasteiger partial charge in [0, 0.05) is 49.6 Å². The van der Waals surface area contributed by atoms with E-state index in [1.54, 1.807) is 29.6 Å². The SMILES string of the molecule is O=C1C=C(N2CCOCC2)OC2(c3cccc4c3Sc3ccc(OCCBr)cc3S4)OC12. The Morgan fingerprint density at radius 1 is 1.12 bits per heavy atom. The summed E-state index contributed by atoms with van der Waals surface area (Å²) in [6.45, 7) is 3.27. The smallest absolute Gasteiger partial charge is 0.275 e. The molecule has 2 fully saturated rings. The number of hydrogen-bond acceptors (Lipinski definition) is 8. The molecule has 6 rings (SSSR count). The Bertz CT molecular complexity index is 1120. The number of hydrogen-bond donors (Lipinski definition) is 0. The van der Waals surface area contributed by atoms with Crippen LogP contribution in [-0.2, 0) is 24.8 Å². The van der Waals surface area contributed by atoms with Crippen molar-refractivity contribution in [1.29, 1.82) is 0 Å². The summed E-state index contributed by atoms with van der Waals surface area (Å²) in [5, 5.41) is 0.793. The van der Waals surface area contributed by atoms with E-state index in [4.69, 9.17) is 18.9 Å². The molecule has 2 aromatic rings. The first kappa shape index (κ1) is 20.9. The maximum absolute atomic E-state index is 12.8. The number of ketones is 1. The topological polar surface area (TPSA) is 60.5 Å². The number of epoxide rings is 1. The first-order valence-corrected chi connectivity index (χ1v) is 13.2. The van der Waals surface area contributed by atoms with Gasteiger partial charge in [-0.05, 0) is 24.3 Å². The summed E-state index contributed by atoms with van der Waals surface area (Å²) < 4.78 is 23.6. The number of nitrogens with zero attached hydrogens (tertiary/aromatic N) is 1. The van der Waals surface area contributed by atoms with Crippen molar-refractivity contribution in [1.82, 2.24) is 4.90 Å². The third kappa shape index (κ3) is 3.54. The van der Waals surface area contributed by atoms with Crippen LogP contribution < -0.4 is 4.74 Å². The summed E-state index contributed by atoms with van der Waals surface area (Å²) >= 11 is 6.79. The van der Waals surface area contributed by atoms with Crippen LogP contribution in [0.5, 0.6) is 5.75 Å². The van der Waals surface area contributed by atoms with E-state index in [-0.39, 0.29) is 5.78 Å². The minimum atomic E-state index is -1.05. The molecule has 32 heavy (non-hydrogen) atoms. The molecule has 0 N–H and O–H groups in total. The molecule has 0 aliphatic carbocycles. The second-order valence-corrected chi connectivity index (χ2v) is 10.7. The molecular weight excluding hydrogens is 514 g/mol. The van der Waals surface area contributed by atoms with Crippen molar-refractivity contribution in [3.8, 4) is 5.75 Å². The van der Waals surface area contributed by atoms with E-state index >= 15 is 0 Å². The molecule has 2 atom stereocenters. The van der Waals surface area contributed by atoms with Crippen molar-refractivity contribution < 1.29 is 23.7 Å². The van der Waals surface area contributed by atoms with Crippen molar-refractivity contribution in [2.45, 2.75) is 31.5 Å². The summed E-state index contributed by atoms with van der Waals surface area (Å²) in [4.78, 5) is 19.4. The molecule has 2 saturated heterocycles. The molecule has 0 amide bonds. The van der Waals surface area contributed by atoms with Gasteiger partial charge in [0.1, 0.15) is 5.75 Å². The van der Waals surface area contributed by atoms with Crippen molar-refractivity contribution in [3.05, 3.63) is 53.9 Å². The Hall–Kier alpha value is -1.65. The summed E-state index contributed by atoms with van der Waals surface area (Å²) in [6, 6.07) is 12.3. The highest BCUT2D eigenvalue weighted by atomic mass is 79.9. The molecule has 9 heteroatoms. The normalized spacial score (nSPS) is 25.8. The monoisotopic (exact) mass is 533 g/mol. The van der Waals surface area contributed by atoms with E-state index in [0.29, 0.717) is 38.8 Å². The molecule has 0 saturated carbocycles. The van der Waals surface area contributed by atoms with Gasteiger partial charge >= 0.3 is 0 Å². The molecule has 0 aromatic heterocycles. The minimum absolute atomic E-state index is 0.0437. The minimum Gasteiger partial charge on any atom is -0.493 e. The predicted molar refractivity (Wildman–Crippen MR) is 124 cm³/mol. The van der Waals surface area contributed by atoms with Crippen LogP contribution in [0.2, 0.25) is 0 Å². The zero-order chi connectivity index (χ0) is 21.7. The molecule has 2 unspecified atom stereocenters. The first-order chi connectivity index (χ1) is 15.7. The van der Waals surface area contributed by atoms with Gasteiger partial charge in [-0.15, -0.1) is 0 Å². The Kier molecular flexibility index (Phi) is 5.42. The number of benzene rings is 2. The molecule has 0 bridgehead atoms. The van der Waals surface area contributed by atoms with Crippen molar-refractivity contribution in [2.75, 3.05) is 38.2 Å². The summed E-state index contributed by atoms with van der Waals surface area (Å²) in [7, 11) is 0. The van der Waals surface area contributed by atoms with Gasteiger partial charge in [-0.3, -0.25) is 4.79 Å². The Balaban J connectivity index is 1.31. The number of carbonyl (C=O) groups excluding carboxylic acids is 1. The summed E-state index contributed by atoms with van der Waals surface area (Å²) in [6.07, 6.45) is 0.980. The third-order valence-corrected chi connectivity index (χ3v) is 8.65. The van der Waals surface area contributed by atoms with E-state index in [9.17, 15) is 4.79 Å². The number of carbonyl (C=O) groups is 1. The number of rotatable bonds is 5. The zero-order valence-electron chi connectivity index (χ0n) is 17.0. The second kappa shape index (κ2) is 8.29. The lowest BCUT2D eigenvalue weighted by atomic mass is 10.0. The molecule has 0 spiro atoms. The van der Waals surface area contributed by atoms with Crippen LogP contribution in [0.15, 0.2) is 67.9 Å². The average molecular weight is 534 g/mol. The standard InChI is InChI=1S/C23H20BrNO5S2/c24-6-9-28-14-4-5-17-19(12-14)31-18-3-1-2-15(21(18)32-17)23-22(30-23)16(26)13-20(29-23)25-7-10-27-11-8-25/h1-5,12-13,22H,6-11H2. The summed E-state index contributed by atoms with van der Waals surface area (Å²) in [5.41, 5.74) is 0.912. The molecule has 166 valence electrons. The number of morpholine rings is 1. The van der Waals surface area contributed by atoms with Crippen LogP contribution in [-0.4, -0.2) is 55.0 Å². The van der Waals surface area contributed by atoms with Crippen LogP contribution >= 0.6 is 39.5 Å². The quantitative estimate of drug-likeness (QED) is 0.353. The highest BCUT2D eigenvalue weighted by Gasteiger charge is 2.68. The van der Waals surface area contributed by atoms with E-state index in [0.717, 1.165) is 36.2 Å². The number of fused-ring (bicyclic) bond motifs is 3. The molecular formula is C23H20BrNO5S2. The first-order valence-electron chi connectivity index (χ1n) is 10.4. The van der Waals surface area contributed by atoms with Crippen LogP contribution in [0.25, 0.3) is 0 Å².